The van der Waals surface area contributed by atoms with Crippen molar-refractivity contribution < 1.29 is 0 Å². The molecule has 13 heavy (non-hydrogen) atoms. The van der Waals surface area contributed by atoms with Gasteiger partial charge < -0.3 is 5.32 Å². The van der Waals surface area contributed by atoms with Crippen molar-refractivity contribution in [1.29, 1.82) is 0 Å². The summed E-state index contributed by atoms with van der Waals surface area (Å²) in [4.78, 5) is 0. The van der Waals surface area contributed by atoms with E-state index in [0.29, 0.717) is 5.37 Å². The summed E-state index contributed by atoms with van der Waals surface area (Å²) in [5.74, 6) is 1.24. The Hall–Kier alpha value is -0.470. The highest BCUT2D eigenvalue weighted by Crippen LogP contribution is 2.29. The maximum atomic E-state index is 3.47. The van der Waals surface area contributed by atoms with E-state index < -0.39 is 0 Å². The number of hydrogen-bond donors (Lipinski definition) is 1. The maximum Gasteiger partial charge on any atom is 0.0790 e. The maximum absolute atomic E-state index is 3.47. The van der Waals surface area contributed by atoms with Crippen LogP contribution in [0.4, 0.5) is 0 Å². The Morgan fingerprint density at radius 2 is 2.15 bits per heavy atom. The quantitative estimate of drug-likeness (QED) is 0.775. The Kier molecular flexibility index (Phi) is 2.91. The first-order valence-corrected chi connectivity index (χ1v) is 5.89. The van der Waals surface area contributed by atoms with Crippen LogP contribution in [0.5, 0.6) is 0 Å². The predicted octanol–water partition coefficient (Wildman–Crippen LogP) is 2.58. The van der Waals surface area contributed by atoms with Gasteiger partial charge in [0.25, 0.3) is 0 Å². The van der Waals surface area contributed by atoms with E-state index in [1.165, 1.54) is 16.9 Å². The molecule has 1 fully saturated rings. The molecule has 1 nitrogen and oxygen atoms in total. The van der Waals surface area contributed by atoms with Crippen LogP contribution in [0.15, 0.2) is 24.3 Å². The van der Waals surface area contributed by atoms with Gasteiger partial charge in [-0.05, 0) is 17.5 Å². The van der Waals surface area contributed by atoms with Gasteiger partial charge in [0.2, 0.25) is 0 Å². The Morgan fingerprint density at radius 1 is 1.38 bits per heavy atom. The van der Waals surface area contributed by atoms with Crippen LogP contribution in [0.3, 0.4) is 0 Å². The molecule has 2 rings (SSSR count). The van der Waals surface area contributed by atoms with Crippen molar-refractivity contribution in [1.82, 2.24) is 5.32 Å². The highest BCUT2D eigenvalue weighted by atomic mass is 32.2. The first-order chi connectivity index (χ1) is 6.40. The average Bonchev–Trinajstić information content (AvgIpc) is 2.71. The molecule has 70 valence electrons. The molecular formula is C11H15NS. The van der Waals surface area contributed by atoms with Crippen molar-refractivity contribution in [3.05, 3.63) is 35.4 Å². The van der Waals surface area contributed by atoms with Crippen LogP contribution in [0, 0.1) is 0 Å². The van der Waals surface area contributed by atoms with E-state index in [-0.39, 0.29) is 0 Å². The van der Waals surface area contributed by atoms with E-state index in [1.54, 1.807) is 0 Å². The lowest BCUT2D eigenvalue weighted by molar-refractivity contribution is 0.750. The van der Waals surface area contributed by atoms with Gasteiger partial charge in [-0.3, -0.25) is 0 Å². The van der Waals surface area contributed by atoms with Gasteiger partial charge in [0.1, 0.15) is 0 Å². The third-order valence-electron chi connectivity index (χ3n) is 2.41. The van der Waals surface area contributed by atoms with Gasteiger partial charge in [0.05, 0.1) is 5.37 Å². The second-order valence-corrected chi connectivity index (χ2v) is 4.51. The van der Waals surface area contributed by atoms with Gasteiger partial charge in [0, 0.05) is 12.3 Å². The van der Waals surface area contributed by atoms with Gasteiger partial charge in [-0.15, -0.1) is 11.8 Å². The average molecular weight is 193 g/mol. The lowest BCUT2D eigenvalue weighted by atomic mass is 10.1. The predicted molar refractivity (Wildman–Crippen MR) is 59.0 cm³/mol. The molecule has 1 aliphatic rings. The second-order valence-electron chi connectivity index (χ2n) is 3.30. The molecule has 2 heteroatoms. The first kappa shape index (κ1) is 9.10. The number of hydrogen-bond acceptors (Lipinski definition) is 2. The van der Waals surface area contributed by atoms with E-state index in [9.17, 15) is 0 Å². The number of nitrogens with one attached hydrogen (secondary N) is 1. The smallest absolute Gasteiger partial charge is 0.0790 e. The van der Waals surface area contributed by atoms with E-state index in [2.05, 4.69) is 36.5 Å². The van der Waals surface area contributed by atoms with Crippen molar-refractivity contribution >= 4 is 11.8 Å². The summed E-state index contributed by atoms with van der Waals surface area (Å²) >= 11 is 2.00. The second kappa shape index (κ2) is 4.16. The van der Waals surface area contributed by atoms with Crippen molar-refractivity contribution in [3.8, 4) is 0 Å². The lowest BCUT2D eigenvalue weighted by Crippen LogP contribution is -2.11. The van der Waals surface area contributed by atoms with E-state index in [0.717, 1.165) is 13.0 Å². The summed E-state index contributed by atoms with van der Waals surface area (Å²) in [6.07, 6.45) is 1.13. The summed E-state index contributed by atoms with van der Waals surface area (Å²) in [7, 11) is 0. The summed E-state index contributed by atoms with van der Waals surface area (Å²) in [5, 5.41) is 4.01. The minimum Gasteiger partial charge on any atom is -0.301 e. The number of aryl methyl sites for hydroxylation is 1. The van der Waals surface area contributed by atoms with Crippen LogP contribution in [-0.2, 0) is 6.42 Å². The van der Waals surface area contributed by atoms with Crippen molar-refractivity contribution in [2.24, 2.45) is 0 Å². The van der Waals surface area contributed by atoms with Crippen molar-refractivity contribution in [2.75, 3.05) is 12.3 Å². The third kappa shape index (κ3) is 2.06. The van der Waals surface area contributed by atoms with Gasteiger partial charge in [0.15, 0.2) is 0 Å². The van der Waals surface area contributed by atoms with Gasteiger partial charge in [-0.25, -0.2) is 0 Å². The summed E-state index contributed by atoms with van der Waals surface area (Å²) < 4.78 is 0. The van der Waals surface area contributed by atoms with Gasteiger partial charge >= 0.3 is 0 Å². The van der Waals surface area contributed by atoms with Crippen LogP contribution >= 0.6 is 11.8 Å². The molecule has 0 aliphatic carbocycles. The minimum absolute atomic E-state index is 0.533. The molecule has 0 bridgehead atoms. The molecule has 1 aromatic carbocycles. The topological polar surface area (TPSA) is 12.0 Å². The van der Waals surface area contributed by atoms with E-state index >= 15 is 0 Å². The number of rotatable bonds is 2. The Balaban J connectivity index is 2.12. The molecule has 0 saturated carbocycles. The molecule has 1 aliphatic heterocycles. The highest BCUT2D eigenvalue weighted by Gasteiger charge is 2.15. The van der Waals surface area contributed by atoms with E-state index in [1.807, 2.05) is 11.8 Å². The molecule has 0 aromatic heterocycles. The van der Waals surface area contributed by atoms with Crippen molar-refractivity contribution in [2.45, 2.75) is 18.7 Å². The zero-order valence-electron chi connectivity index (χ0n) is 7.92. The standard InChI is InChI=1S/C11H15NS/c1-2-9-3-5-10(6-4-9)11-12-7-8-13-11/h3-6,11-12H,2,7-8H2,1H3. The first-order valence-electron chi connectivity index (χ1n) is 4.84. The normalized spacial score (nSPS) is 22.1. The minimum atomic E-state index is 0.533. The fourth-order valence-electron chi connectivity index (χ4n) is 1.57. The SMILES string of the molecule is CCc1ccc(C2NCCS2)cc1. The molecule has 1 unspecified atom stereocenters. The van der Waals surface area contributed by atoms with Gasteiger partial charge in [-0.1, -0.05) is 31.2 Å². The van der Waals surface area contributed by atoms with Crippen LogP contribution in [0.1, 0.15) is 23.4 Å². The molecule has 1 aromatic rings. The Labute approximate surface area is 83.9 Å². The fraction of sp³-hybridized carbons (Fsp3) is 0.455. The molecule has 1 heterocycles. The van der Waals surface area contributed by atoms with Crippen LogP contribution in [0.25, 0.3) is 0 Å². The molecule has 0 spiro atoms. The Morgan fingerprint density at radius 3 is 2.69 bits per heavy atom. The third-order valence-corrected chi connectivity index (χ3v) is 3.62. The van der Waals surface area contributed by atoms with Gasteiger partial charge in [-0.2, -0.15) is 0 Å². The molecule has 1 saturated heterocycles. The highest BCUT2D eigenvalue weighted by molar-refractivity contribution is 7.99. The summed E-state index contributed by atoms with van der Waals surface area (Å²) in [6, 6.07) is 8.95. The van der Waals surface area contributed by atoms with E-state index in [4.69, 9.17) is 0 Å². The zero-order chi connectivity index (χ0) is 9.10. The summed E-state index contributed by atoms with van der Waals surface area (Å²) in [5.41, 5.74) is 2.84. The molecule has 0 amide bonds. The number of thioether (sulfide) groups is 1. The molecule has 1 atom stereocenters. The molecule has 0 radical (unpaired) electrons. The fourth-order valence-corrected chi connectivity index (χ4v) is 2.62. The monoisotopic (exact) mass is 193 g/mol. The molecule has 1 N–H and O–H groups in total. The zero-order valence-corrected chi connectivity index (χ0v) is 8.73. The Bertz CT molecular complexity index is 262. The largest absolute Gasteiger partial charge is 0.301 e. The van der Waals surface area contributed by atoms with Crippen LogP contribution < -0.4 is 5.32 Å². The van der Waals surface area contributed by atoms with Crippen molar-refractivity contribution in [3.63, 3.8) is 0 Å². The molecular weight excluding hydrogens is 178 g/mol. The number of benzene rings is 1. The van der Waals surface area contributed by atoms with Crippen LogP contribution in [0.2, 0.25) is 0 Å². The summed E-state index contributed by atoms with van der Waals surface area (Å²) in [6.45, 7) is 3.34. The van der Waals surface area contributed by atoms with Crippen LogP contribution in [-0.4, -0.2) is 12.3 Å². The lowest BCUT2D eigenvalue weighted by Gasteiger charge is -2.09.